The molecule has 0 aliphatic heterocycles. The summed E-state index contributed by atoms with van der Waals surface area (Å²) >= 11 is -1.72. The molecule has 6 heteroatoms. The average molecular weight is 949 g/mol. The van der Waals surface area contributed by atoms with Crippen LogP contribution < -0.4 is 4.40 Å². The number of para-hydroxylation sites is 3. The Morgan fingerprint density at radius 1 is 0.618 bits per heavy atom. The van der Waals surface area contributed by atoms with E-state index in [2.05, 4.69) is 148 Å². The number of nitrogens with zero attached hydrogens (tertiary/aromatic N) is 3. The Morgan fingerprint density at radius 2 is 1.36 bits per heavy atom. The number of imidazole rings is 1. The number of benzene rings is 7. The minimum Gasteiger partial charge on any atom is -0.501 e. The van der Waals surface area contributed by atoms with Crippen LogP contribution in [-0.4, -0.2) is 27.8 Å². The molecule has 0 unspecified atom stereocenters. The number of furan rings is 1. The van der Waals surface area contributed by atoms with Gasteiger partial charge in [0.25, 0.3) is 0 Å². The smallest absolute Gasteiger partial charge is 0.120 e. The molecule has 10 aromatic rings. The fourth-order valence-electron chi connectivity index (χ4n) is 7.17. The molecule has 0 saturated carbocycles. The first kappa shape index (κ1) is 36.4. The van der Waals surface area contributed by atoms with Gasteiger partial charge in [-0.1, -0.05) is 108 Å². The molecule has 4 nitrogen and oxygen atoms in total. The fraction of sp³-hybridized carbons (Fsp3) is 0.0612. The van der Waals surface area contributed by atoms with Crippen molar-refractivity contribution in [3.8, 4) is 39.5 Å². The number of hydrogen-bond acceptors (Lipinski definition) is 3. The maximum atomic E-state index is 6.44. The van der Waals surface area contributed by atoms with Crippen molar-refractivity contribution in [3.05, 3.63) is 182 Å². The van der Waals surface area contributed by atoms with Gasteiger partial charge in [0.2, 0.25) is 0 Å². The molecule has 7 aromatic carbocycles. The van der Waals surface area contributed by atoms with Crippen molar-refractivity contribution in [2.45, 2.75) is 17.3 Å². The first-order valence-electron chi connectivity index (χ1n) is 18.2. The van der Waals surface area contributed by atoms with Gasteiger partial charge in [-0.15, -0.1) is 18.2 Å². The van der Waals surface area contributed by atoms with Gasteiger partial charge in [0, 0.05) is 36.4 Å². The standard InChI is InChI=1S/C35H21N2O.C14H16GeN.Ir/c1-2-11-23(12-3-1)26-22-21-24-13-4-5-14-25(24)33(26)37-31-19-8-7-18-30(31)36-35(37)29-17-10-16-28-27-15-6-9-20-32(27)38-34(28)29;1-15(2,3)13-9-10-14(16-11-13)12-7-5-4-6-8-12;/h1-16,18-22H;4-7,9-11H,1-3H3;/q2*-1;. The second kappa shape index (κ2) is 15.3. The van der Waals surface area contributed by atoms with Gasteiger partial charge in [-0.05, 0) is 29.1 Å². The van der Waals surface area contributed by atoms with Crippen LogP contribution in [0, 0.1) is 12.1 Å². The first-order valence-corrected chi connectivity index (χ1v) is 25.6. The van der Waals surface area contributed by atoms with Crippen LogP contribution in [0.4, 0.5) is 0 Å². The van der Waals surface area contributed by atoms with Crippen LogP contribution in [0.2, 0.25) is 17.3 Å². The van der Waals surface area contributed by atoms with Gasteiger partial charge in [0.1, 0.15) is 5.58 Å². The SMILES string of the molecule is [CH3][Ge]([CH3])([CH3])[c]1ccc(-c2[c-]cccc2)nc1.[Ir].[c-]1ccc2c(oc3ccccc32)c1-c1nc2ccccc2n1-c1c(-c2ccccc2)ccc2ccccc12. The van der Waals surface area contributed by atoms with E-state index in [-0.39, 0.29) is 20.1 Å². The zero-order chi connectivity index (χ0) is 36.6. The van der Waals surface area contributed by atoms with Crippen molar-refractivity contribution >= 4 is 61.4 Å². The van der Waals surface area contributed by atoms with E-state index >= 15 is 0 Å². The summed E-state index contributed by atoms with van der Waals surface area (Å²) in [5.41, 5.74) is 9.95. The number of rotatable bonds is 5. The maximum Gasteiger partial charge on any atom is 0.120 e. The van der Waals surface area contributed by atoms with Crippen molar-refractivity contribution in [1.29, 1.82) is 0 Å². The third-order valence-corrected chi connectivity index (χ3v) is 14.2. The third kappa shape index (κ3) is 6.96. The van der Waals surface area contributed by atoms with Crippen molar-refractivity contribution in [2.75, 3.05) is 0 Å². The van der Waals surface area contributed by atoms with Gasteiger partial charge < -0.3 is 8.98 Å². The molecule has 55 heavy (non-hydrogen) atoms. The molecule has 0 atom stereocenters. The molecule has 0 fully saturated rings. The van der Waals surface area contributed by atoms with Gasteiger partial charge in [-0.25, -0.2) is 0 Å². The molecular formula is C49H37GeIrN3O-2. The summed E-state index contributed by atoms with van der Waals surface area (Å²) in [6.07, 6.45) is 2.04. The average Bonchev–Trinajstić information content (AvgIpc) is 3.80. The molecule has 10 rings (SSSR count). The molecule has 0 bridgehead atoms. The Kier molecular flexibility index (Phi) is 10.1. The van der Waals surface area contributed by atoms with E-state index in [0.29, 0.717) is 0 Å². The minimum atomic E-state index is -1.72. The second-order valence-corrected chi connectivity index (χ2v) is 25.1. The van der Waals surface area contributed by atoms with Gasteiger partial charge in [-0.2, -0.15) is 0 Å². The Hall–Kier alpha value is -5.59. The number of aromatic nitrogens is 3. The van der Waals surface area contributed by atoms with E-state index in [0.717, 1.165) is 77.8 Å². The van der Waals surface area contributed by atoms with Gasteiger partial charge >= 0.3 is 99.8 Å². The Morgan fingerprint density at radius 3 is 2.15 bits per heavy atom. The quantitative estimate of drug-likeness (QED) is 0.128. The number of pyridine rings is 1. The molecule has 0 N–H and O–H groups in total. The topological polar surface area (TPSA) is 43.9 Å². The number of hydrogen-bond donors (Lipinski definition) is 0. The van der Waals surface area contributed by atoms with Gasteiger partial charge in [0.05, 0.1) is 28.1 Å². The van der Waals surface area contributed by atoms with Crippen LogP contribution in [0.5, 0.6) is 0 Å². The summed E-state index contributed by atoms with van der Waals surface area (Å²) in [4.78, 5) is 9.72. The molecular weight excluding hydrogens is 911 g/mol. The van der Waals surface area contributed by atoms with Gasteiger partial charge in [-0.3, -0.25) is 4.98 Å². The fourth-order valence-corrected chi connectivity index (χ4v) is 9.34. The Bertz CT molecular complexity index is 2910. The van der Waals surface area contributed by atoms with Crippen molar-refractivity contribution < 1.29 is 24.5 Å². The van der Waals surface area contributed by atoms with Crippen molar-refractivity contribution in [1.82, 2.24) is 14.5 Å². The summed E-state index contributed by atoms with van der Waals surface area (Å²) in [5, 5.41) is 4.50. The summed E-state index contributed by atoms with van der Waals surface area (Å²) in [6.45, 7) is 0. The van der Waals surface area contributed by atoms with Crippen molar-refractivity contribution in [3.63, 3.8) is 0 Å². The zero-order valence-electron chi connectivity index (χ0n) is 30.7. The summed E-state index contributed by atoms with van der Waals surface area (Å²) in [5.74, 6) is 7.95. The Balaban J connectivity index is 0.000000212. The summed E-state index contributed by atoms with van der Waals surface area (Å²) < 4.78 is 10.2. The predicted octanol–water partition coefficient (Wildman–Crippen LogP) is 12.3. The van der Waals surface area contributed by atoms with E-state index in [1.807, 2.05) is 60.8 Å². The molecule has 3 aromatic heterocycles. The second-order valence-electron chi connectivity index (χ2n) is 14.5. The molecule has 269 valence electrons. The monoisotopic (exact) mass is 950 g/mol. The van der Waals surface area contributed by atoms with E-state index in [9.17, 15) is 0 Å². The predicted molar refractivity (Wildman–Crippen MR) is 227 cm³/mol. The molecule has 1 radical (unpaired) electrons. The third-order valence-electron chi connectivity index (χ3n) is 9.95. The Labute approximate surface area is 337 Å². The number of fused-ring (bicyclic) bond motifs is 5. The van der Waals surface area contributed by atoms with Crippen LogP contribution in [0.15, 0.2) is 174 Å². The van der Waals surface area contributed by atoms with Gasteiger partial charge in [0.15, 0.2) is 0 Å². The van der Waals surface area contributed by atoms with Crippen LogP contribution in [0.3, 0.4) is 0 Å². The van der Waals surface area contributed by atoms with Crippen LogP contribution in [0.25, 0.3) is 83.2 Å². The van der Waals surface area contributed by atoms with Crippen LogP contribution in [-0.2, 0) is 20.1 Å². The molecule has 0 saturated heterocycles. The molecule has 0 spiro atoms. The normalized spacial score (nSPS) is 11.4. The summed E-state index contributed by atoms with van der Waals surface area (Å²) in [6, 6.07) is 63.0. The zero-order valence-corrected chi connectivity index (χ0v) is 35.2. The molecule has 3 heterocycles. The largest absolute Gasteiger partial charge is 0.501 e. The summed E-state index contributed by atoms with van der Waals surface area (Å²) in [7, 11) is 0. The molecule has 0 aliphatic carbocycles. The first-order chi connectivity index (χ1) is 26.4. The molecule has 0 amide bonds. The van der Waals surface area contributed by atoms with Crippen molar-refractivity contribution in [2.24, 2.45) is 0 Å². The minimum absolute atomic E-state index is 0. The van der Waals surface area contributed by atoms with E-state index < -0.39 is 13.3 Å². The van der Waals surface area contributed by atoms with E-state index in [1.54, 1.807) is 0 Å². The molecule has 0 aliphatic rings. The maximum absolute atomic E-state index is 6.44. The van der Waals surface area contributed by atoms with E-state index in [4.69, 9.17) is 9.40 Å². The van der Waals surface area contributed by atoms with Crippen LogP contribution in [0.1, 0.15) is 0 Å². The van der Waals surface area contributed by atoms with Crippen LogP contribution >= 0.6 is 0 Å². The van der Waals surface area contributed by atoms with E-state index in [1.165, 1.54) is 9.78 Å².